The molecule has 1 aliphatic heterocycles. The number of ether oxygens (including phenoxy) is 2. The highest BCUT2D eigenvalue weighted by Crippen LogP contribution is 2.32. The SMILES string of the molecule is CCOc1cccc(NC(=O)[C@H]2CC(=O)N(Cc3ccc(F)cc3)C(=Nc3ccc(OC)cc3)S2)c1. The Balaban J connectivity index is 1.57. The van der Waals surface area contributed by atoms with Gasteiger partial charge >= 0.3 is 0 Å². The second-order valence-electron chi connectivity index (χ2n) is 7.96. The molecule has 0 saturated carbocycles. The molecule has 1 atom stereocenters. The number of hydrogen-bond donors (Lipinski definition) is 1. The predicted octanol–water partition coefficient (Wildman–Crippen LogP) is 5.39. The Kier molecular flexibility index (Phi) is 8.22. The number of carbonyl (C=O) groups is 2. The fourth-order valence-corrected chi connectivity index (χ4v) is 4.69. The third-order valence-electron chi connectivity index (χ3n) is 5.40. The molecule has 0 unspecified atom stereocenters. The molecule has 0 radical (unpaired) electrons. The molecule has 0 spiro atoms. The minimum atomic E-state index is -0.672. The quantitative estimate of drug-likeness (QED) is 0.442. The average molecular weight is 508 g/mol. The van der Waals surface area contributed by atoms with Crippen molar-refractivity contribution >= 4 is 40.1 Å². The smallest absolute Gasteiger partial charge is 0.238 e. The van der Waals surface area contributed by atoms with Gasteiger partial charge in [-0.15, -0.1) is 0 Å². The first-order valence-corrected chi connectivity index (χ1v) is 12.3. The average Bonchev–Trinajstić information content (AvgIpc) is 2.88. The summed E-state index contributed by atoms with van der Waals surface area (Å²) < 4.78 is 24.1. The van der Waals surface area contributed by atoms with Crippen LogP contribution in [0.4, 0.5) is 15.8 Å². The van der Waals surface area contributed by atoms with E-state index in [0.717, 1.165) is 5.56 Å². The van der Waals surface area contributed by atoms with Gasteiger partial charge in [0, 0.05) is 18.2 Å². The fourth-order valence-electron chi connectivity index (χ4n) is 3.59. The van der Waals surface area contributed by atoms with Crippen molar-refractivity contribution in [1.29, 1.82) is 0 Å². The first kappa shape index (κ1) is 25.2. The molecule has 2 amide bonds. The molecule has 3 aromatic carbocycles. The molecule has 4 rings (SSSR count). The molecule has 7 nitrogen and oxygen atoms in total. The summed E-state index contributed by atoms with van der Waals surface area (Å²) in [7, 11) is 1.58. The number of halogens is 1. The van der Waals surface area contributed by atoms with Crippen LogP contribution < -0.4 is 14.8 Å². The van der Waals surface area contributed by atoms with Crippen molar-refractivity contribution in [2.75, 3.05) is 19.0 Å². The number of hydrogen-bond acceptors (Lipinski definition) is 6. The molecule has 186 valence electrons. The van der Waals surface area contributed by atoms with Gasteiger partial charge in [0.1, 0.15) is 22.6 Å². The zero-order chi connectivity index (χ0) is 25.5. The van der Waals surface area contributed by atoms with Crippen LogP contribution in [0.15, 0.2) is 77.8 Å². The summed E-state index contributed by atoms with van der Waals surface area (Å²) >= 11 is 1.22. The number of carbonyl (C=O) groups excluding carboxylic acids is 2. The van der Waals surface area contributed by atoms with E-state index in [0.29, 0.717) is 34.6 Å². The number of amidine groups is 1. The number of methoxy groups -OCH3 is 1. The number of aliphatic imine (C=N–C) groups is 1. The molecule has 36 heavy (non-hydrogen) atoms. The van der Waals surface area contributed by atoms with Crippen molar-refractivity contribution in [3.05, 3.63) is 84.2 Å². The van der Waals surface area contributed by atoms with Gasteiger partial charge in [-0.1, -0.05) is 30.0 Å². The van der Waals surface area contributed by atoms with E-state index >= 15 is 0 Å². The van der Waals surface area contributed by atoms with Gasteiger partial charge in [0.05, 0.1) is 25.9 Å². The Morgan fingerprint density at radius 2 is 1.86 bits per heavy atom. The van der Waals surface area contributed by atoms with Crippen molar-refractivity contribution in [3.8, 4) is 11.5 Å². The second-order valence-corrected chi connectivity index (χ2v) is 9.13. The predicted molar refractivity (Wildman–Crippen MR) is 139 cm³/mol. The molecular formula is C27H26FN3O4S. The van der Waals surface area contributed by atoms with E-state index in [9.17, 15) is 14.0 Å². The number of nitrogens with one attached hydrogen (secondary N) is 1. The number of benzene rings is 3. The number of nitrogens with zero attached hydrogens (tertiary/aromatic N) is 2. The number of rotatable bonds is 8. The lowest BCUT2D eigenvalue weighted by Gasteiger charge is -2.32. The molecule has 0 bridgehead atoms. The highest BCUT2D eigenvalue weighted by atomic mass is 32.2. The van der Waals surface area contributed by atoms with E-state index in [1.54, 1.807) is 61.7 Å². The van der Waals surface area contributed by atoms with E-state index in [1.807, 2.05) is 13.0 Å². The minimum Gasteiger partial charge on any atom is -0.497 e. The molecule has 1 saturated heterocycles. The number of anilines is 1. The van der Waals surface area contributed by atoms with Gasteiger partial charge < -0.3 is 14.8 Å². The van der Waals surface area contributed by atoms with Crippen molar-refractivity contribution in [3.63, 3.8) is 0 Å². The summed E-state index contributed by atoms with van der Waals surface area (Å²) in [6.07, 6.45) is 0.00444. The largest absolute Gasteiger partial charge is 0.497 e. The monoisotopic (exact) mass is 507 g/mol. The first-order chi connectivity index (χ1) is 17.4. The molecule has 1 aliphatic rings. The lowest BCUT2D eigenvalue weighted by atomic mass is 10.2. The van der Waals surface area contributed by atoms with Crippen LogP contribution in [0.2, 0.25) is 0 Å². The van der Waals surface area contributed by atoms with Crippen molar-refractivity contribution in [2.45, 2.75) is 25.1 Å². The van der Waals surface area contributed by atoms with E-state index < -0.39 is 5.25 Å². The first-order valence-electron chi connectivity index (χ1n) is 11.4. The summed E-state index contributed by atoms with van der Waals surface area (Å²) in [4.78, 5) is 32.5. The Morgan fingerprint density at radius 1 is 1.11 bits per heavy atom. The van der Waals surface area contributed by atoms with Crippen molar-refractivity contribution in [2.24, 2.45) is 4.99 Å². The molecule has 1 N–H and O–H groups in total. The summed E-state index contributed by atoms with van der Waals surface area (Å²) in [5.41, 5.74) is 1.95. The third-order valence-corrected chi connectivity index (χ3v) is 6.58. The standard InChI is InChI=1S/C27H26FN3O4S/c1-3-35-23-6-4-5-21(15-23)29-26(33)24-16-25(32)31(17-18-7-9-19(28)10-8-18)27(36-24)30-20-11-13-22(34-2)14-12-20/h4-15,24H,3,16-17H2,1-2H3,(H,29,33)/t24-/m1/s1. The number of thioether (sulfide) groups is 1. The third kappa shape index (κ3) is 6.42. The molecule has 0 aromatic heterocycles. The molecule has 0 aliphatic carbocycles. The zero-order valence-electron chi connectivity index (χ0n) is 19.9. The Hall–Kier alpha value is -3.85. The van der Waals surface area contributed by atoms with Crippen LogP contribution in [0.1, 0.15) is 18.9 Å². The van der Waals surface area contributed by atoms with Crippen molar-refractivity contribution in [1.82, 2.24) is 4.90 Å². The Morgan fingerprint density at radius 3 is 2.56 bits per heavy atom. The van der Waals surface area contributed by atoms with E-state index in [-0.39, 0.29) is 30.6 Å². The summed E-state index contributed by atoms with van der Waals surface area (Å²) in [5.74, 6) is 0.436. The van der Waals surface area contributed by atoms with Crippen LogP contribution >= 0.6 is 11.8 Å². The van der Waals surface area contributed by atoms with Gasteiger partial charge in [0.2, 0.25) is 11.8 Å². The maximum absolute atomic E-state index is 13.4. The second kappa shape index (κ2) is 11.7. The highest BCUT2D eigenvalue weighted by Gasteiger charge is 2.36. The van der Waals surface area contributed by atoms with Gasteiger partial charge in [-0.2, -0.15) is 0 Å². The topological polar surface area (TPSA) is 80.2 Å². The van der Waals surface area contributed by atoms with Gasteiger partial charge in [-0.25, -0.2) is 9.38 Å². The summed E-state index contributed by atoms with van der Waals surface area (Å²) in [5, 5.41) is 2.60. The maximum atomic E-state index is 13.4. The fraction of sp³-hybridized carbons (Fsp3) is 0.222. The van der Waals surface area contributed by atoms with Gasteiger partial charge in [-0.05, 0) is 61.0 Å². The Labute approximate surface area is 213 Å². The van der Waals surface area contributed by atoms with Gasteiger partial charge in [0.25, 0.3) is 0 Å². The summed E-state index contributed by atoms with van der Waals surface area (Å²) in [6.45, 7) is 2.61. The lowest BCUT2D eigenvalue weighted by molar-refractivity contribution is -0.129. The maximum Gasteiger partial charge on any atom is 0.238 e. The van der Waals surface area contributed by atoms with Crippen LogP contribution in [-0.4, -0.2) is 40.8 Å². The van der Waals surface area contributed by atoms with Crippen LogP contribution in [0.25, 0.3) is 0 Å². The van der Waals surface area contributed by atoms with Gasteiger partial charge in [0.15, 0.2) is 5.17 Å². The van der Waals surface area contributed by atoms with E-state index in [1.165, 1.54) is 28.8 Å². The highest BCUT2D eigenvalue weighted by molar-refractivity contribution is 8.15. The lowest BCUT2D eigenvalue weighted by Crippen LogP contribution is -2.44. The molecular weight excluding hydrogens is 481 g/mol. The van der Waals surface area contributed by atoms with Crippen LogP contribution in [0, 0.1) is 5.82 Å². The normalized spacial score (nSPS) is 16.6. The van der Waals surface area contributed by atoms with Gasteiger partial charge in [-0.3, -0.25) is 14.5 Å². The van der Waals surface area contributed by atoms with Crippen LogP contribution in [0.5, 0.6) is 11.5 Å². The van der Waals surface area contributed by atoms with Crippen molar-refractivity contribution < 1.29 is 23.5 Å². The molecule has 3 aromatic rings. The van der Waals surface area contributed by atoms with E-state index in [2.05, 4.69) is 10.3 Å². The molecule has 9 heteroatoms. The number of amides is 2. The van der Waals surface area contributed by atoms with E-state index in [4.69, 9.17) is 9.47 Å². The molecule has 1 fully saturated rings. The Bertz CT molecular complexity index is 1250. The molecule has 1 heterocycles. The van der Waals surface area contributed by atoms with Crippen LogP contribution in [-0.2, 0) is 16.1 Å². The van der Waals surface area contributed by atoms with Crippen LogP contribution in [0.3, 0.4) is 0 Å². The summed E-state index contributed by atoms with van der Waals surface area (Å²) in [6, 6.07) is 20.2. The minimum absolute atomic E-state index is 0.00444. The zero-order valence-corrected chi connectivity index (χ0v) is 20.8.